The van der Waals surface area contributed by atoms with Crippen molar-refractivity contribution in [3.63, 3.8) is 0 Å². The van der Waals surface area contributed by atoms with E-state index in [-0.39, 0.29) is 17.6 Å². The highest BCUT2D eigenvalue weighted by Gasteiger charge is 2.42. The first-order valence-electron chi connectivity index (χ1n) is 7.17. The molecule has 1 aromatic carbocycles. The lowest BCUT2D eigenvalue weighted by molar-refractivity contribution is 0.444. The molecule has 1 aromatic rings. The highest BCUT2D eigenvalue weighted by Crippen LogP contribution is 2.41. The normalized spacial score (nSPS) is 25.4. The molecule has 2 atom stereocenters. The van der Waals surface area contributed by atoms with Crippen molar-refractivity contribution in [1.29, 1.82) is 0 Å². The Kier molecular flexibility index (Phi) is 3.48. The number of benzene rings is 1. The Bertz CT molecular complexity index is 614. The summed E-state index contributed by atoms with van der Waals surface area (Å²) in [6.45, 7) is 2.17. The van der Waals surface area contributed by atoms with Crippen LogP contribution in [0.25, 0.3) is 0 Å². The second-order valence-electron chi connectivity index (χ2n) is 6.00. The van der Waals surface area contributed by atoms with Crippen molar-refractivity contribution >= 4 is 15.7 Å². The van der Waals surface area contributed by atoms with Gasteiger partial charge in [-0.25, -0.2) is 8.42 Å². The summed E-state index contributed by atoms with van der Waals surface area (Å²) >= 11 is 0. The van der Waals surface area contributed by atoms with Crippen molar-refractivity contribution in [2.24, 2.45) is 11.8 Å². The van der Waals surface area contributed by atoms with Crippen molar-refractivity contribution in [3.8, 4) is 0 Å². The van der Waals surface area contributed by atoms with Gasteiger partial charge in [-0.3, -0.25) is 8.70 Å². The van der Waals surface area contributed by atoms with Gasteiger partial charge in [0.15, 0.2) is 0 Å². The molecular weight excluding hydrogens is 277 g/mol. The molecule has 0 N–H and O–H groups in total. The first-order chi connectivity index (χ1) is 9.51. The number of hydrogen-bond acceptors (Lipinski definition) is 2. The van der Waals surface area contributed by atoms with Gasteiger partial charge < -0.3 is 0 Å². The maximum atomic E-state index is 12.5. The van der Waals surface area contributed by atoms with Crippen molar-refractivity contribution in [3.05, 3.63) is 29.3 Å². The number of halogens is 1. The molecule has 0 saturated heterocycles. The molecule has 3 nitrogen and oxygen atoms in total. The van der Waals surface area contributed by atoms with Crippen molar-refractivity contribution < 1.29 is 12.8 Å². The molecule has 3 rings (SSSR count). The van der Waals surface area contributed by atoms with Gasteiger partial charge in [0, 0.05) is 6.54 Å². The van der Waals surface area contributed by atoms with Crippen LogP contribution in [0.1, 0.15) is 24.0 Å². The van der Waals surface area contributed by atoms with E-state index in [1.165, 1.54) is 0 Å². The van der Waals surface area contributed by atoms with Crippen molar-refractivity contribution in [2.75, 3.05) is 23.3 Å². The molecule has 1 aliphatic carbocycles. The fraction of sp³-hybridized carbons (Fsp3) is 0.600. The summed E-state index contributed by atoms with van der Waals surface area (Å²) < 4.78 is 39.2. The summed E-state index contributed by atoms with van der Waals surface area (Å²) in [6, 6.07) is 5.92. The van der Waals surface area contributed by atoms with Crippen LogP contribution in [0.4, 0.5) is 10.1 Å². The molecule has 0 amide bonds. The van der Waals surface area contributed by atoms with E-state index in [1.807, 2.05) is 19.1 Å². The van der Waals surface area contributed by atoms with Gasteiger partial charge in [0.05, 0.1) is 18.1 Å². The molecule has 1 aliphatic heterocycles. The van der Waals surface area contributed by atoms with Gasteiger partial charge in [0.1, 0.15) is 0 Å². The number of nitrogens with zero attached hydrogens (tertiary/aromatic N) is 1. The number of sulfonamides is 1. The topological polar surface area (TPSA) is 37.4 Å². The predicted molar refractivity (Wildman–Crippen MR) is 78.2 cm³/mol. The number of alkyl halides is 1. The minimum atomic E-state index is -3.32. The van der Waals surface area contributed by atoms with Crippen molar-refractivity contribution in [1.82, 2.24) is 0 Å². The quantitative estimate of drug-likeness (QED) is 0.857. The maximum Gasteiger partial charge on any atom is 0.235 e. The number of aryl methyl sites for hydroxylation is 2. The van der Waals surface area contributed by atoms with Crippen LogP contribution in [0.15, 0.2) is 18.2 Å². The van der Waals surface area contributed by atoms with E-state index < -0.39 is 16.7 Å². The molecule has 20 heavy (non-hydrogen) atoms. The average Bonchev–Trinajstić information content (AvgIpc) is 3.15. The van der Waals surface area contributed by atoms with E-state index in [4.69, 9.17) is 0 Å². The number of hydrogen-bond donors (Lipinski definition) is 0. The minimum absolute atomic E-state index is 0.0147. The van der Waals surface area contributed by atoms with Crippen LogP contribution < -0.4 is 4.31 Å². The Balaban J connectivity index is 1.84. The summed E-state index contributed by atoms with van der Waals surface area (Å²) in [6.07, 6.45) is 2.50. The average molecular weight is 297 g/mol. The van der Waals surface area contributed by atoms with Gasteiger partial charge in [-0.1, -0.05) is 17.7 Å². The van der Waals surface area contributed by atoms with Crippen LogP contribution in [0, 0.1) is 18.8 Å². The lowest BCUT2D eigenvalue weighted by atomic mass is 10.0. The molecule has 0 spiro atoms. The van der Waals surface area contributed by atoms with E-state index >= 15 is 0 Å². The number of fused-ring (bicyclic) bond motifs is 1. The second-order valence-corrected chi connectivity index (χ2v) is 7.93. The minimum Gasteiger partial charge on any atom is -0.270 e. The summed E-state index contributed by atoms with van der Waals surface area (Å²) in [7, 11) is -3.32. The lowest BCUT2D eigenvalue weighted by Gasteiger charge is -2.30. The third-order valence-electron chi connectivity index (χ3n) is 4.34. The van der Waals surface area contributed by atoms with Gasteiger partial charge in [0.25, 0.3) is 0 Å². The molecule has 1 heterocycles. The van der Waals surface area contributed by atoms with Gasteiger partial charge in [0.2, 0.25) is 10.0 Å². The molecule has 0 unspecified atom stereocenters. The molecule has 1 fully saturated rings. The Labute approximate surface area is 119 Å². The first-order valence-corrected chi connectivity index (χ1v) is 8.78. The molecule has 0 bridgehead atoms. The molecule has 5 heteroatoms. The highest BCUT2D eigenvalue weighted by atomic mass is 32.2. The zero-order valence-corrected chi connectivity index (χ0v) is 12.5. The molecule has 110 valence electrons. The third kappa shape index (κ3) is 2.55. The zero-order chi connectivity index (χ0) is 14.3. The molecular formula is C15H20FNO2S. The van der Waals surface area contributed by atoms with Crippen LogP contribution >= 0.6 is 0 Å². The summed E-state index contributed by atoms with van der Waals surface area (Å²) in [5.41, 5.74) is 3.08. The monoisotopic (exact) mass is 297 g/mol. The third-order valence-corrected chi connectivity index (χ3v) is 6.24. The van der Waals surface area contributed by atoms with Crippen LogP contribution in [-0.4, -0.2) is 27.4 Å². The van der Waals surface area contributed by atoms with E-state index in [9.17, 15) is 12.8 Å². The standard InChI is InChI=1S/C15H20FNO2S/c1-11-4-5-15-12(7-11)3-2-6-17(15)20(18,19)10-14-8-13(14)9-16/h4-5,7,13-14H,2-3,6,8-10H2,1H3/t13-,14-/m0/s1. The lowest BCUT2D eigenvalue weighted by Crippen LogP contribution is -2.37. The van der Waals surface area contributed by atoms with E-state index in [0.717, 1.165) is 29.7 Å². The first kappa shape index (κ1) is 13.9. The Hall–Kier alpha value is -1.10. The fourth-order valence-corrected chi connectivity index (χ4v) is 5.06. The van der Waals surface area contributed by atoms with Crippen LogP contribution in [0.5, 0.6) is 0 Å². The van der Waals surface area contributed by atoms with E-state index in [2.05, 4.69) is 6.07 Å². The maximum absolute atomic E-state index is 12.5. The van der Waals surface area contributed by atoms with Gasteiger partial charge in [-0.2, -0.15) is 0 Å². The molecule has 0 aromatic heterocycles. The summed E-state index contributed by atoms with van der Waals surface area (Å²) in [5, 5.41) is 0. The predicted octanol–water partition coefficient (Wildman–Crippen LogP) is 2.68. The Morgan fingerprint density at radius 3 is 2.85 bits per heavy atom. The fourth-order valence-electron chi connectivity index (χ4n) is 3.04. The Morgan fingerprint density at radius 2 is 2.15 bits per heavy atom. The molecule has 2 aliphatic rings. The summed E-state index contributed by atoms with van der Waals surface area (Å²) in [4.78, 5) is 0. The molecule has 1 saturated carbocycles. The smallest absolute Gasteiger partial charge is 0.235 e. The number of rotatable bonds is 4. The van der Waals surface area contributed by atoms with Gasteiger partial charge in [-0.05, 0) is 49.7 Å². The zero-order valence-electron chi connectivity index (χ0n) is 11.7. The summed E-state index contributed by atoms with van der Waals surface area (Å²) in [5.74, 6) is 0.0717. The van der Waals surface area contributed by atoms with Crippen LogP contribution in [0.2, 0.25) is 0 Å². The van der Waals surface area contributed by atoms with E-state index in [1.54, 1.807) is 4.31 Å². The Morgan fingerprint density at radius 1 is 1.35 bits per heavy atom. The van der Waals surface area contributed by atoms with Crippen LogP contribution in [-0.2, 0) is 16.4 Å². The second kappa shape index (κ2) is 5.02. The van der Waals surface area contributed by atoms with Gasteiger partial charge >= 0.3 is 0 Å². The van der Waals surface area contributed by atoms with Crippen LogP contribution in [0.3, 0.4) is 0 Å². The molecule has 0 radical (unpaired) electrons. The van der Waals surface area contributed by atoms with Gasteiger partial charge in [-0.15, -0.1) is 0 Å². The highest BCUT2D eigenvalue weighted by molar-refractivity contribution is 7.92. The van der Waals surface area contributed by atoms with E-state index in [0.29, 0.717) is 13.0 Å². The SMILES string of the molecule is Cc1ccc2c(c1)CCCN2S(=O)(=O)C[C@@H]1C[C@H]1CF. The number of anilines is 1. The largest absolute Gasteiger partial charge is 0.270 e. The van der Waals surface area contributed by atoms with Crippen molar-refractivity contribution in [2.45, 2.75) is 26.2 Å².